The molecule has 0 atom stereocenters. The van der Waals surface area contributed by atoms with E-state index in [1.165, 1.54) is 42.5 Å². The molecule has 0 bridgehead atoms. The zero-order valence-electron chi connectivity index (χ0n) is 10.6. The van der Waals surface area contributed by atoms with E-state index in [-0.39, 0.29) is 22.7 Å². The smallest absolute Gasteiger partial charge is 0.311 e. The first-order chi connectivity index (χ1) is 10.0. The Balaban J connectivity index is 2.36. The molecule has 7 heteroatoms. The molecule has 2 aromatic carbocycles. The molecule has 0 saturated carbocycles. The van der Waals surface area contributed by atoms with Crippen molar-refractivity contribution in [3.63, 3.8) is 0 Å². The van der Waals surface area contributed by atoms with E-state index in [9.17, 15) is 14.9 Å². The molecule has 0 aliphatic rings. The number of hydrogen-bond donors (Lipinski definition) is 1. The normalized spacial score (nSPS) is 9.67. The number of benzene rings is 2. The van der Waals surface area contributed by atoms with E-state index < -0.39 is 10.8 Å². The van der Waals surface area contributed by atoms with E-state index >= 15 is 0 Å². The Morgan fingerprint density at radius 3 is 2.43 bits per heavy atom. The highest BCUT2D eigenvalue weighted by atomic mass is 16.6. The summed E-state index contributed by atoms with van der Waals surface area (Å²) in [5, 5.41) is 19.8. The van der Waals surface area contributed by atoms with Gasteiger partial charge in [-0.1, -0.05) is 0 Å². The molecule has 0 spiro atoms. The van der Waals surface area contributed by atoms with Crippen LogP contribution in [0, 0.1) is 21.4 Å². The van der Waals surface area contributed by atoms with Gasteiger partial charge < -0.3 is 10.5 Å². The number of nitriles is 1. The van der Waals surface area contributed by atoms with Gasteiger partial charge in [0.2, 0.25) is 11.7 Å². The van der Waals surface area contributed by atoms with Gasteiger partial charge in [-0.3, -0.25) is 14.9 Å². The van der Waals surface area contributed by atoms with Crippen LogP contribution < -0.4 is 10.5 Å². The maximum Gasteiger partial charge on any atom is 0.311 e. The van der Waals surface area contributed by atoms with Crippen LogP contribution in [0.5, 0.6) is 11.5 Å². The fraction of sp³-hybridized carbons (Fsp3) is 0. The maximum atomic E-state index is 11.0. The van der Waals surface area contributed by atoms with Crippen molar-refractivity contribution in [1.82, 2.24) is 0 Å². The lowest BCUT2D eigenvalue weighted by Crippen LogP contribution is -2.10. The SMILES string of the molecule is N#Cc1ccc([N+](=O)[O-])c(Oc2ccc(C(N)=O)cc2)c1. The molecule has 0 aliphatic carbocycles. The number of nitrogens with zero attached hydrogens (tertiary/aromatic N) is 2. The van der Waals surface area contributed by atoms with Crippen LogP contribution in [0.4, 0.5) is 5.69 Å². The molecule has 2 aromatic rings. The van der Waals surface area contributed by atoms with E-state index in [2.05, 4.69) is 0 Å². The molecular weight excluding hydrogens is 274 g/mol. The average molecular weight is 283 g/mol. The van der Waals surface area contributed by atoms with Crippen LogP contribution >= 0.6 is 0 Å². The van der Waals surface area contributed by atoms with Crippen molar-refractivity contribution in [3.05, 3.63) is 63.7 Å². The number of amides is 1. The number of rotatable bonds is 4. The van der Waals surface area contributed by atoms with Crippen LogP contribution in [-0.2, 0) is 0 Å². The second-order valence-electron chi connectivity index (χ2n) is 4.04. The Kier molecular flexibility index (Phi) is 3.81. The fourth-order valence-corrected chi connectivity index (χ4v) is 1.63. The summed E-state index contributed by atoms with van der Waals surface area (Å²) in [5.41, 5.74) is 5.39. The number of carbonyl (C=O) groups is 1. The summed E-state index contributed by atoms with van der Waals surface area (Å²) in [6.45, 7) is 0. The molecule has 0 saturated heterocycles. The number of carbonyl (C=O) groups excluding carboxylic acids is 1. The van der Waals surface area contributed by atoms with Gasteiger partial charge in [-0.25, -0.2) is 0 Å². The number of hydrogen-bond acceptors (Lipinski definition) is 5. The molecule has 2 rings (SSSR count). The van der Waals surface area contributed by atoms with E-state index in [0.717, 1.165) is 0 Å². The Bertz CT molecular complexity index is 748. The molecule has 0 heterocycles. The second-order valence-corrected chi connectivity index (χ2v) is 4.04. The minimum Gasteiger partial charge on any atom is -0.450 e. The summed E-state index contributed by atoms with van der Waals surface area (Å²) in [5.74, 6) is -0.344. The summed E-state index contributed by atoms with van der Waals surface area (Å²) >= 11 is 0. The second kappa shape index (κ2) is 5.71. The minimum atomic E-state index is -0.603. The monoisotopic (exact) mass is 283 g/mol. The van der Waals surface area contributed by atoms with Crippen molar-refractivity contribution in [2.45, 2.75) is 0 Å². The van der Waals surface area contributed by atoms with Crippen molar-refractivity contribution in [2.75, 3.05) is 0 Å². The van der Waals surface area contributed by atoms with Crippen molar-refractivity contribution in [3.8, 4) is 17.6 Å². The number of nitro groups is 1. The molecule has 0 radical (unpaired) electrons. The molecule has 21 heavy (non-hydrogen) atoms. The fourth-order valence-electron chi connectivity index (χ4n) is 1.63. The zero-order valence-corrected chi connectivity index (χ0v) is 10.6. The van der Waals surface area contributed by atoms with Crippen molar-refractivity contribution < 1.29 is 14.5 Å². The van der Waals surface area contributed by atoms with Gasteiger partial charge in [-0.2, -0.15) is 5.26 Å². The van der Waals surface area contributed by atoms with Crippen LogP contribution in [0.15, 0.2) is 42.5 Å². The molecule has 104 valence electrons. The highest BCUT2D eigenvalue weighted by Gasteiger charge is 2.16. The third kappa shape index (κ3) is 3.13. The summed E-state index contributed by atoms with van der Waals surface area (Å²) < 4.78 is 5.40. The lowest BCUT2D eigenvalue weighted by molar-refractivity contribution is -0.385. The van der Waals surface area contributed by atoms with Gasteiger partial charge in [0.15, 0.2) is 0 Å². The molecule has 0 fully saturated rings. The third-order valence-corrected chi connectivity index (χ3v) is 2.65. The van der Waals surface area contributed by atoms with Crippen LogP contribution in [-0.4, -0.2) is 10.8 Å². The zero-order chi connectivity index (χ0) is 15.4. The van der Waals surface area contributed by atoms with Crippen LogP contribution in [0.25, 0.3) is 0 Å². The molecule has 2 N–H and O–H groups in total. The van der Waals surface area contributed by atoms with Gasteiger partial charge in [-0.15, -0.1) is 0 Å². The molecule has 0 aromatic heterocycles. The lowest BCUT2D eigenvalue weighted by atomic mass is 10.2. The summed E-state index contributed by atoms with van der Waals surface area (Å²) in [4.78, 5) is 21.3. The van der Waals surface area contributed by atoms with Crippen LogP contribution in [0.2, 0.25) is 0 Å². The molecule has 0 unspecified atom stereocenters. The van der Waals surface area contributed by atoms with Crippen molar-refractivity contribution >= 4 is 11.6 Å². The first kappa shape index (κ1) is 14.0. The Morgan fingerprint density at radius 2 is 1.90 bits per heavy atom. The number of primary amides is 1. The highest BCUT2D eigenvalue weighted by Crippen LogP contribution is 2.32. The van der Waals surface area contributed by atoms with E-state index in [1.807, 2.05) is 6.07 Å². The predicted molar refractivity (Wildman–Crippen MR) is 72.8 cm³/mol. The van der Waals surface area contributed by atoms with E-state index in [1.54, 1.807) is 0 Å². The topological polar surface area (TPSA) is 119 Å². The first-order valence-corrected chi connectivity index (χ1v) is 5.77. The van der Waals surface area contributed by atoms with Crippen LogP contribution in [0.3, 0.4) is 0 Å². The van der Waals surface area contributed by atoms with Crippen molar-refractivity contribution in [1.29, 1.82) is 5.26 Å². The van der Waals surface area contributed by atoms with Gasteiger partial charge in [0, 0.05) is 17.7 Å². The molecule has 7 nitrogen and oxygen atoms in total. The van der Waals surface area contributed by atoms with Crippen LogP contribution in [0.1, 0.15) is 15.9 Å². The standard InChI is InChI=1S/C14H9N3O4/c15-8-9-1-6-12(17(19)20)13(7-9)21-11-4-2-10(3-5-11)14(16)18/h1-7H,(H2,16,18). The van der Waals surface area contributed by atoms with Gasteiger partial charge in [0.25, 0.3) is 0 Å². The van der Waals surface area contributed by atoms with E-state index in [0.29, 0.717) is 5.56 Å². The maximum absolute atomic E-state index is 11.0. The predicted octanol–water partition coefficient (Wildman–Crippen LogP) is 2.36. The van der Waals surface area contributed by atoms with Gasteiger partial charge >= 0.3 is 5.69 Å². The summed E-state index contributed by atoms with van der Waals surface area (Å²) in [6, 6.07) is 11.5. The number of nitro benzene ring substituents is 1. The highest BCUT2D eigenvalue weighted by molar-refractivity contribution is 5.92. The average Bonchev–Trinajstić information content (AvgIpc) is 2.47. The first-order valence-electron chi connectivity index (χ1n) is 5.77. The van der Waals surface area contributed by atoms with Crippen molar-refractivity contribution in [2.24, 2.45) is 5.73 Å². The largest absolute Gasteiger partial charge is 0.450 e. The Morgan fingerprint density at radius 1 is 1.24 bits per heavy atom. The summed E-state index contributed by atoms with van der Waals surface area (Å²) in [7, 11) is 0. The Hall–Kier alpha value is -3.40. The third-order valence-electron chi connectivity index (χ3n) is 2.65. The minimum absolute atomic E-state index is 0.0501. The number of ether oxygens (including phenoxy) is 1. The van der Waals surface area contributed by atoms with E-state index in [4.69, 9.17) is 15.7 Å². The Labute approximate surface area is 119 Å². The quantitative estimate of drug-likeness (QED) is 0.682. The molecular formula is C14H9N3O4. The summed E-state index contributed by atoms with van der Waals surface area (Å²) in [6.07, 6.45) is 0. The van der Waals surface area contributed by atoms with Gasteiger partial charge in [0.1, 0.15) is 5.75 Å². The lowest BCUT2D eigenvalue weighted by Gasteiger charge is -2.07. The van der Waals surface area contributed by atoms with Gasteiger partial charge in [-0.05, 0) is 30.3 Å². The molecule has 0 aliphatic heterocycles. The number of nitrogens with two attached hydrogens (primary N) is 1. The van der Waals surface area contributed by atoms with Gasteiger partial charge in [0.05, 0.1) is 16.6 Å². The molecule has 1 amide bonds.